The number of rotatable bonds is 42. The Hall–Kier alpha value is -5.82. The summed E-state index contributed by atoms with van der Waals surface area (Å²) in [6.45, 7) is 23.3. The topological polar surface area (TPSA) is 489 Å². The molecule has 3 rings (SSSR count). The van der Waals surface area contributed by atoms with E-state index < -0.39 is 204 Å². The second-order valence-corrected chi connectivity index (χ2v) is 31.2. The molecule has 604 valence electrons. The van der Waals surface area contributed by atoms with Crippen molar-refractivity contribution in [1.29, 1.82) is 0 Å². The van der Waals surface area contributed by atoms with Crippen LogP contribution in [0, 0.1) is 0 Å². The van der Waals surface area contributed by atoms with Crippen LogP contribution in [0.3, 0.4) is 0 Å². The van der Waals surface area contributed by atoms with E-state index in [4.69, 9.17) is 97.0 Å². The van der Waals surface area contributed by atoms with Crippen molar-refractivity contribution < 1.29 is 165 Å². The largest absolute Gasteiger partial charge is 0.500 e. The molecule has 38 nitrogen and oxygen atoms in total. The van der Waals surface area contributed by atoms with Gasteiger partial charge in [-0.2, -0.15) is 0 Å². The van der Waals surface area contributed by atoms with Crippen molar-refractivity contribution in [2.75, 3.05) is 80.3 Å². The van der Waals surface area contributed by atoms with E-state index in [1.54, 1.807) is 0 Å². The number of aliphatic hydroxyl groups excluding tert-OH is 4. The van der Waals surface area contributed by atoms with Gasteiger partial charge in [0.1, 0.15) is 49.8 Å². The molecule has 104 heavy (non-hydrogen) atoms. The summed E-state index contributed by atoms with van der Waals surface area (Å²) in [7, 11) is -5.71. The normalized spacial score (nSPS) is 24.5. The van der Waals surface area contributed by atoms with Crippen LogP contribution >= 0.6 is 0 Å². The third-order valence-corrected chi connectivity index (χ3v) is 23.9. The van der Waals surface area contributed by atoms with Gasteiger partial charge in [-0.1, -0.05) is 7.43 Å². The van der Waals surface area contributed by atoms with Crippen molar-refractivity contribution >= 4 is 91.9 Å². The summed E-state index contributed by atoms with van der Waals surface area (Å²) in [6.07, 6.45) is -18.6. The van der Waals surface area contributed by atoms with E-state index in [9.17, 15) is 68.1 Å². The molecular formula is C63H115N3O35Si3. The highest BCUT2D eigenvalue weighted by atomic mass is 28.4. The highest BCUT2D eigenvalue weighted by Crippen LogP contribution is 2.32. The number of nitrogens with one attached hydrogen (secondary N) is 3. The second kappa shape index (κ2) is 51.5. The van der Waals surface area contributed by atoms with Gasteiger partial charge in [0, 0.05) is 153 Å². The van der Waals surface area contributed by atoms with E-state index in [1.807, 2.05) is 48.5 Å². The minimum absolute atomic E-state index is 0. The third-order valence-electron chi connectivity index (χ3n) is 14.6. The molecule has 0 bridgehead atoms. The summed E-state index contributed by atoms with van der Waals surface area (Å²) in [6, 6.07) is 1.21. The van der Waals surface area contributed by atoms with Crippen molar-refractivity contribution in [2.45, 2.75) is 260 Å². The Morgan fingerprint density at radius 2 is 0.606 bits per heavy atom. The highest BCUT2D eigenvalue weighted by molar-refractivity contribution is 6.61. The fraction of sp³-hybridized carbons (Fsp3) is 0.825. The summed E-state index contributed by atoms with van der Waals surface area (Å²) in [5.41, 5.74) is 0. The average molecular weight is 1560 g/mol. The lowest BCUT2D eigenvalue weighted by Crippen LogP contribution is -2.66. The van der Waals surface area contributed by atoms with Crippen LogP contribution in [-0.2, 0) is 145 Å². The fourth-order valence-electron chi connectivity index (χ4n) is 10.7. The molecule has 6 unspecified atom stereocenters. The molecule has 0 spiro atoms. The maximum atomic E-state index is 12.9. The molecule has 0 saturated carbocycles. The van der Waals surface area contributed by atoms with E-state index in [1.165, 1.54) is 28.1 Å². The minimum Gasteiger partial charge on any atom is -0.463 e. The van der Waals surface area contributed by atoms with Gasteiger partial charge in [-0.15, -0.1) is 0 Å². The second-order valence-electron chi connectivity index (χ2n) is 22.7. The van der Waals surface area contributed by atoms with Gasteiger partial charge in [-0.05, 0) is 67.7 Å². The third kappa shape index (κ3) is 35.3. The number of ether oxygens (including phenoxy) is 11. The first kappa shape index (κ1) is 98.2. The van der Waals surface area contributed by atoms with Crippen LogP contribution in [-0.4, -0.2) is 285 Å². The van der Waals surface area contributed by atoms with Crippen LogP contribution in [0.2, 0.25) is 18.1 Å². The van der Waals surface area contributed by atoms with E-state index in [-0.39, 0.29) is 26.7 Å². The summed E-state index contributed by atoms with van der Waals surface area (Å²) in [4.78, 5) is 132. The van der Waals surface area contributed by atoms with Gasteiger partial charge in [-0.25, -0.2) is 0 Å². The Morgan fingerprint density at radius 3 is 0.875 bits per heavy atom. The lowest BCUT2D eigenvalue weighted by atomic mass is 9.97. The van der Waals surface area contributed by atoms with Crippen molar-refractivity contribution in [3.8, 4) is 0 Å². The fourth-order valence-corrected chi connectivity index (χ4v) is 17.9. The molecule has 0 aromatic rings. The van der Waals surface area contributed by atoms with Crippen LogP contribution < -0.4 is 16.0 Å². The number of hydrogen-bond donors (Lipinski definition) is 7. The molecular weight excluding hydrogens is 1440 g/mol. The predicted octanol–water partition coefficient (Wildman–Crippen LogP) is 0.616. The summed E-state index contributed by atoms with van der Waals surface area (Å²) in [5, 5.41) is 46.2. The van der Waals surface area contributed by atoms with E-state index >= 15 is 0 Å². The Balaban J connectivity index is 0.00000155. The van der Waals surface area contributed by atoms with Crippen molar-refractivity contribution in [3.63, 3.8) is 0 Å². The molecule has 41 heteroatoms. The zero-order valence-corrected chi connectivity index (χ0v) is 65.0. The molecule has 3 aliphatic rings. The number of esters is 8. The number of aliphatic hydroxyl groups is 4. The molecule has 0 aliphatic carbocycles. The number of hydrogen-bond acceptors (Lipinski definition) is 35. The maximum Gasteiger partial charge on any atom is 0.500 e. The number of amides is 3. The summed E-state index contributed by atoms with van der Waals surface area (Å²) >= 11 is 0. The van der Waals surface area contributed by atoms with Gasteiger partial charge < -0.3 is 128 Å². The lowest BCUT2D eigenvalue weighted by Gasteiger charge is -2.44. The van der Waals surface area contributed by atoms with E-state index in [0.717, 1.165) is 41.5 Å². The molecule has 3 aliphatic heterocycles. The van der Waals surface area contributed by atoms with Crippen LogP contribution in [0.25, 0.3) is 0 Å². The first-order valence-corrected chi connectivity index (χ1v) is 39.8. The van der Waals surface area contributed by atoms with Crippen LogP contribution in [0.1, 0.15) is 150 Å². The molecule has 3 heterocycles. The van der Waals surface area contributed by atoms with E-state index in [2.05, 4.69) is 16.0 Å². The molecule has 0 aromatic heterocycles. The van der Waals surface area contributed by atoms with Gasteiger partial charge in [0.25, 0.3) is 0 Å². The maximum absolute atomic E-state index is 12.9. The number of carbonyl (C=O) groups excluding carboxylic acids is 11. The molecule has 15 atom stereocenters. The molecule has 0 aromatic carbocycles. The van der Waals surface area contributed by atoms with Crippen molar-refractivity contribution in [2.24, 2.45) is 0 Å². The molecule has 3 fully saturated rings. The quantitative estimate of drug-likeness (QED) is 0.0250. The Kier molecular flexibility index (Phi) is 48.6. The lowest BCUT2D eigenvalue weighted by molar-refractivity contribution is -0.257. The summed E-state index contributed by atoms with van der Waals surface area (Å²) < 4.78 is 110. The van der Waals surface area contributed by atoms with Crippen LogP contribution in [0.5, 0.6) is 0 Å². The standard InChI is InChI=1S/C24H41NO13Si.C23H39NO13Si.C15H31NO9Si.CH4/c1-8-32-39(33-9-2,34-10-3)13-11-12-20(30)25-24-23(37-18(7)29)22(36-17(6)28)21(35-16(5)27)19(38-24)14-31-15(4)26;1-8-32-38(30-7,33-9-2)12-10-11-19(29)24-23-22(36-17(6)28)21(35-16(5)27)20(34-15(4)26)18(37-23)13-31-14(3)25;1-4-23-26(22-3,24-5-2)8-6-7-11(18)16-15-14(21)13(20)12(19)10(9-17)25-15;/h19,21-24H,8-14H2,1-7H3,(H,25,30);18,20-23H,8-13H2,1-7H3,(H,24,29);10,12-15,17,19-21H,4-9H2,1-3H3,(H,16,18);1H4/t19?,21-,22+,23?,24-;18?,20-,21+,22?,23-;10?,12-,13+,14?,15-;/m111./s1. The van der Waals surface area contributed by atoms with Gasteiger partial charge in [0.15, 0.2) is 55.3 Å². The average Bonchev–Trinajstić information content (AvgIpc) is 0.775. The highest BCUT2D eigenvalue weighted by Gasteiger charge is 2.55. The van der Waals surface area contributed by atoms with Crippen molar-refractivity contribution in [1.82, 2.24) is 16.0 Å². The minimum atomic E-state index is -2.97. The Bertz CT molecular complexity index is 2590. The predicted molar refractivity (Wildman–Crippen MR) is 364 cm³/mol. The zero-order chi connectivity index (χ0) is 78.2. The van der Waals surface area contributed by atoms with E-state index in [0.29, 0.717) is 83.6 Å². The Labute approximate surface area is 610 Å². The first-order chi connectivity index (χ1) is 48.6. The summed E-state index contributed by atoms with van der Waals surface area (Å²) in [5.74, 6) is -7.23. The van der Waals surface area contributed by atoms with Crippen LogP contribution in [0.15, 0.2) is 0 Å². The first-order valence-electron chi connectivity index (χ1n) is 34.0. The Morgan fingerprint density at radius 1 is 0.346 bits per heavy atom. The zero-order valence-electron chi connectivity index (χ0n) is 62.0. The van der Waals surface area contributed by atoms with Gasteiger partial charge in [0.2, 0.25) is 17.7 Å². The molecule has 0 radical (unpaired) electrons. The smallest absolute Gasteiger partial charge is 0.463 e. The SMILES string of the molecule is C.CCO[Si](CCCC(=O)N[C@@H]1OC(CO)[C@@H](O)[C@H](O)C1O)(OC)OCC.CCO[Si](CCCC(=O)N[C@@H]1OC(COC(C)=O)[C@@H](OC(C)=O)[C@H](OC(C)=O)C1OC(C)=O)(OC)OCC.CCO[Si](CCCC(=O)N[C@@H]1OC(COC(C)=O)[C@@H](OC(C)=O)[C@H](OC(C)=O)C1OC(C)=O)(OCC)OCC. The molecule has 3 amide bonds. The van der Waals surface area contributed by atoms with Gasteiger partial charge in [0.05, 0.1) is 6.61 Å². The van der Waals surface area contributed by atoms with Crippen molar-refractivity contribution in [3.05, 3.63) is 0 Å². The molecule has 3 saturated heterocycles. The molecule has 7 N–H and O–H groups in total. The monoisotopic (exact) mass is 1560 g/mol. The number of carbonyl (C=O) groups is 11. The van der Waals surface area contributed by atoms with Gasteiger partial charge >= 0.3 is 74.2 Å². The van der Waals surface area contributed by atoms with Crippen LogP contribution in [0.4, 0.5) is 0 Å². The van der Waals surface area contributed by atoms with Gasteiger partial charge in [-0.3, -0.25) is 52.7 Å².